The summed E-state index contributed by atoms with van der Waals surface area (Å²) in [6, 6.07) is 18.6. The largest absolute Gasteiger partial charge is 0.508 e. The molecule has 5 aromatic rings. The molecule has 0 saturated carbocycles. The Labute approximate surface area is 211 Å². The van der Waals surface area contributed by atoms with Crippen molar-refractivity contribution in [1.82, 2.24) is 13.7 Å². The number of para-hydroxylation sites is 2. The number of anilines is 1. The van der Waals surface area contributed by atoms with Crippen LogP contribution >= 0.6 is 0 Å². The van der Waals surface area contributed by atoms with E-state index in [4.69, 9.17) is 4.74 Å². The van der Waals surface area contributed by atoms with Crippen LogP contribution in [0.15, 0.2) is 76.3 Å². The zero-order valence-corrected chi connectivity index (χ0v) is 20.4. The quantitative estimate of drug-likeness (QED) is 0.329. The number of nitrogens with zero attached hydrogens (tertiary/aromatic N) is 3. The average molecular weight is 497 g/mol. The molecule has 2 aromatic heterocycles. The normalized spacial score (nSPS) is 14.2. The van der Waals surface area contributed by atoms with Crippen LogP contribution in [-0.4, -0.2) is 31.0 Å². The van der Waals surface area contributed by atoms with E-state index in [0.717, 1.165) is 21.5 Å². The molecule has 186 valence electrons. The van der Waals surface area contributed by atoms with Gasteiger partial charge in [0.25, 0.3) is 5.56 Å². The molecule has 0 bridgehead atoms. The highest BCUT2D eigenvalue weighted by atomic mass is 16.5. The predicted octanol–water partition coefficient (Wildman–Crippen LogP) is 3.63. The van der Waals surface area contributed by atoms with Crippen molar-refractivity contribution in [2.24, 2.45) is 14.1 Å². The van der Waals surface area contributed by atoms with Crippen LogP contribution in [0.5, 0.6) is 17.2 Å². The fourth-order valence-corrected chi connectivity index (χ4v) is 5.25. The van der Waals surface area contributed by atoms with Crippen LogP contribution in [0, 0.1) is 0 Å². The van der Waals surface area contributed by atoms with Crippen LogP contribution in [0.2, 0.25) is 0 Å². The summed E-state index contributed by atoms with van der Waals surface area (Å²) < 4.78 is 9.86. The third-order valence-corrected chi connectivity index (χ3v) is 7.01. The highest BCUT2D eigenvalue weighted by Gasteiger charge is 2.35. The number of aromatic nitrogens is 3. The summed E-state index contributed by atoms with van der Waals surface area (Å²) in [7, 11) is 4.68. The molecule has 3 heterocycles. The van der Waals surface area contributed by atoms with E-state index >= 15 is 0 Å². The lowest BCUT2D eigenvalue weighted by Gasteiger charge is -2.31. The van der Waals surface area contributed by atoms with E-state index in [1.165, 1.54) is 29.8 Å². The van der Waals surface area contributed by atoms with Gasteiger partial charge in [-0.2, -0.15) is 0 Å². The van der Waals surface area contributed by atoms with Crippen molar-refractivity contribution >= 4 is 16.6 Å². The second kappa shape index (κ2) is 8.06. The lowest BCUT2D eigenvalue weighted by atomic mass is 9.98. The van der Waals surface area contributed by atoms with Crippen LogP contribution < -0.4 is 21.3 Å². The standard InChI is InChI=1S/C28H24N4O5/c1-30-25-22(27(35)31(2)28(30)36)24(15-8-11-17(37-3)12-9-15)32-20-7-5-4-6-19(20)29-23(26(25)32)18-14-16(33)10-13-21(18)34/h4-14,23,29,33-34H,1-3H3/t23-/m1/s1. The van der Waals surface area contributed by atoms with Crippen molar-refractivity contribution in [2.45, 2.75) is 6.04 Å². The van der Waals surface area contributed by atoms with Crippen LogP contribution in [0.3, 0.4) is 0 Å². The number of benzene rings is 3. The minimum atomic E-state index is -0.686. The molecule has 1 aliphatic heterocycles. The fourth-order valence-electron chi connectivity index (χ4n) is 5.25. The number of phenols is 2. The average Bonchev–Trinajstić information content (AvgIpc) is 3.28. The molecule has 1 aliphatic rings. The van der Waals surface area contributed by atoms with Gasteiger partial charge in [-0.25, -0.2) is 4.79 Å². The van der Waals surface area contributed by atoms with Gasteiger partial charge in [0.1, 0.15) is 17.2 Å². The maximum Gasteiger partial charge on any atom is 0.331 e. The Morgan fingerprint density at radius 2 is 1.65 bits per heavy atom. The van der Waals surface area contributed by atoms with Crippen molar-refractivity contribution in [3.8, 4) is 34.2 Å². The van der Waals surface area contributed by atoms with Gasteiger partial charge in [0, 0.05) is 19.7 Å². The SMILES string of the molecule is COc1ccc(-c2c3c(=O)n(C)c(=O)n(C)c3c3n2-c2ccccc2N[C@@H]3c2cc(O)ccc2O)cc1. The summed E-state index contributed by atoms with van der Waals surface area (Å²) >= 11 is 0. The summed E-state index contributed by atoms with van der Waals surface area (Å²) in [6.07, 6.45) is 0. The minimum absolute atomic E-state index is 0.0175. The summed E-state index contributed by atoms with van der Waals surface area (Å²) in [6.45, 7) is 0. The highest BCUT2D eigenvalue weighted by Crippen LogP contribution is 2.47. The van der Waals surface area contributed by atoms with Gasteiger partial charge in [-0.1, -0.05) is 12.1 Å². The summed E-state index contributed by atoms with van der Waals surface area (Å²) in [5.74, 6) is 0.620. The summed E-state index contributed by atoms with van der Waals surface area (Å²) in [5, 5.41) is 24.9. The van der Waals surface area contributed by atoms with E-state index in [2.05, 4.69) is 5.32 Å². The van der Waals surface area contributed by atoms with Gasteiger partial charge in [0.15, 0.2) is 0 Å². The molecular weight excluding hydrogens is 472 g/mol. The molecule has 0 spiro atoms. The first-order valence-corrected chi connectivity index (χ1v) is 11.7. The van der Waals surface area contributed by atoms with Crippen LogP contribution in [-0.2, 0) is 14.1 Å². The Morgan fingerprint density at radius 1 is 0.919 bits per heavy atom. The van der Waals surface area contributed by atoms with Crippen molar-refractivity contribution in [2.75, 3.05) is 12.4 Å². The maximum absolute atomic E-state index is 13.7. The zero-order chi connectivity index (χ0) is 26.0. The number of ether oxygens (including phenoxy) is 1. The van der Waals surface area contributed by atoms with Gasteiger partial charge < -0.3 is 24.8 Å². The highest BCUT2D eigenvalue weighted by molar-refractivity contribution is 5.99. The van der Waals surface area contributed by atoms with Crippen molar-refractivity contribution < 1.29 is 14.9 Å². The Bertz CT molecular complexity index is 1830. The van der Waals surface area contributed by atoms with E-state index in [0.29, 0.717) is 33.6 Å². The molecule has 1 atom stereocenters. The number of nitrogens with one attached hydrogen (secondary N) is 1. The van der Waals surface area contributed by atoms with Crippen LogP contribution in [0.25, 0.3) is 27.8 Å². The third kappa shape index (κ3) is 3.17. The predicted molar refractivity (Wildman–Crippen MR) is 141 cm³/mol. The van der Waals surface area contributed by atoms with Gasteiger partial charge in [-0.05, 0) is 60.2 Å². The van der Waals surface area contributed by atoms with E-state index in [9.17, 15) is 19.8 Å². The van der Waals surface area contributed by atoms with E-state index in [-0.39, 0.29) is 11.5 Å². The zero-order valence-electron chi connectivity index (χ0n) is 20.4. The Balaban J connectivity index is 1.85. The third-order valence-electron chi connectivity index (χ3n) is 7.01. The van der Waals surface area contributed by atoms with Gasteiger partial charge in [-0.3, -0.25) is 13.9 Å². The van der Waals surface area contributed by atoms with E-state index in [1.54, 1.807) is 14.2 Å². The number of aromatic hydroxyl groups is 2. The lowest BCUT2D eigenvalue weighted by Crippen LogP contribution is -2.37. The molecule has 0 radical (unpaired) electrons. The minimum Gasteiger partial charge on any atom is -0.508 e. The monoisotopic (exact) mass is 496 g/mol. The van der Waals surface area contributed by atoms with Crippen molar-refractivity contribution in [3.05, 3.63) is 98.8 Å². The number of fused-ring (bicyclic) bond motifs is 5. The molecule has 9 nitrogen and oxygen atoms in total. The van der Waals surface area contributed by atoms with Crippen molar-refractivity contribution in [1.29, 1.82) is 0 Å². The Hall–Kier alpha value is -4.92. The second-order valence-corrected chi connectivity index (χ2v) is 9.06. The molecule has 0 saturated heterocycles. The number of hydrogen-bond donors (Lipinski definition) is 3. The van der Waals surface area contributed by atoms with E-state index < -0.39 is 17.3 Å². The molecule has 3 N–H and O–H groups in total. The Morgan fingerprint density at radius 3 is 2.38 bits per heavy atom. The molecule has 3 aromatic carbocycles. The number of phenolic OH excluding ortho intramolecular Hbond substituents is 2. The molecule has 0 aliphatic carbocycles. The maximum atomic E-state index is 13.7. The Kier molecular flexibility index (Phi) is 4.91. The molecular formula is C28H24N4O5. The number of methoxy groups -OCH3 is 1. The van der Waals surface area contributed by atoms with Crippen LogP contribution in [0.1, 0.15) is 17.3 Å². The number of hydrogen-bond acceptors (Lipinski definition) is 6. The fraction of sp³-hybridized carbons (Fsp3) is 0.143. The number of rotatable bonds is 3. The molecule has 0 amide bonds. The van der Waals surface area contributed by atoms with Gasteiger partial charge >= 0.3 is 5.69 Å². The van der Waals surface area contributed by atoms with Gasteiger partial charge in [0.05, 0.1) is 46.8 Å². The molecule has 37 heavy (non-hydrogen) atoms. The first kappa shape index (κ1) is 22.5. The molecule has 0 unspecified atom stereocenters. The van der Waals surface area contributed by atoms with Crippen LogP contribution in [0.4, 0.5) is 5.69 Å². The molecule has 9 heteroatoms. The smallest absolute Gasteiger partial charge is 0.331 e. The van der Waals surface area contributed by atoms with Gasteiger partial charge in [-0.15, -0.1) is 0 Å². The topological polar surface area (TPSA) is 111 Å². The lowest BCUT2D eigenvalue weighted by molar-refractivity contribution is 0.415. The summed E-state index contributed by atoms with van der Waals surface area (Å²) in [4.78, 5) is 26.8. The molecule has 0 fully saturated rings. The van der Waals surface area contributed by atoms with E-state index in [1.807, 2.05) is 53.1 Å². The van der Waals surface area contributed by atoms with Crippen molar-refractivity contribution in [3.63, 3.8) is 0 Å². The number of aryl methyl sites for hydroxylation is 1. The first-order chi connectivity index (χ1) is 17.8. The first-order valence-electron chi connectivity index (χ1n) is 11.7. The van der Waals surface area contributed by atoms with Gasteiger partial charge in [0.2, 0.25) is 0 Å². The molecule has 6 rings (SSSR count). The summed E-state index contributed by atoms with van der Waals surface area (Å²) in [5.41, 5.74) is 3.46. The second-order valence-electron chi connectivity index (χ2n) is 9.06.